The Balaban J connectivity index is 1.59. The molecule has 1 aromatic carbocycles. The van der Waals surface area contributed by atoms with Crippen molar-refractivity contribution in [1.29, 1.82) is 0 Å². The summed E-state index contributed by atoms with van der Waals surface area (Å²) >= 11 is 0. The molecule has 30 heavy (non-hydrogen) atoms. The largest absolute Gasteiger partial charge is 0.396 e. The molecule has 0 saturated carbocycles. The number of benzene rings is 1. The van der Waals surface area contributed by atoms with Gasteiger partial charge in [0.2, 0.25) is 0 Å². The molecule has 2 unspecified atom stereocenters. The number of hydrogen-bond acceptors (Lipinski definition) is 8. The first-order valence-corrected chi connectivity index (χ1v) is 9.65. The zero-order chi connectivity index (χ0) is 21.1. The third-order valence-corrected chi connectivity index (χ3v) is 5.07. The number of piperidine rings is 1. The van der Waals surface area contributed by atoms with Gasteiger partial charge in [0.15, 0.2) is 11.5 Å². The monoisotopic (exact) mass is 405 g/mol. The van der Waals surface area contributed by atoms with E-state index in [4.69, 9.17) is 11.5 Å². The number of anilines is 3. The number of nitrogen functional groups attached to an aromatic ring is 1. The molecule has 4 rings (SSSR count). The van der Waals surface area contributed by atoms with Crippen molar-refractivity contribution in [2.45, 2.75) is 18.6 Å². The van der Waals surface area contributed by atoms with Gasteiger partial charge >= 0.3 is 0 Å². The van der Waals surface area contributed by atoms with Gasteiger partial charge in [-0.3, -0.25) is 9.78 Å². The minimum atomic E-state index is -0.529. The van der Waals surface area contributed by atoms with E-state index < -0.39 is 12.0 Å². The van der Waals surface area contributed by atoms with Gasteiger partial charge in [-0.15, -0.1) is 0 Å². The summed E-state index contributed by atoms with van der Waals surface area (Å²) < 4.78 is 0. The van der Waals surface area contributed by atoms with Crippen LogP contribution in [-0.4, -0.2) is 51.2 Å². The Morgan fingerprint density at radius 3 is 2.77 bits per heavy atom. The number of amides is 1. The molecule has 2 aromatic heterocycles. The number of carbonyl (C=O) groups excluding carboxylic acids is 1. The quantitative estimate of drug-likeness (QED) is 0.508. The molecule has 2 atom stereocenters. The first-order chi connectivity index (χ1) is 14.5. The van der Waals surface area contributed by atoms with Crippen molar-refractivity contribution in [3.8, 4) is 11.4 Å². The number of carbonyl (C=O) groups is 1. The summed E-state index contributed by atoms with van der Waals surface area (Å²) in [5, 5.41) is 12.7. The normalized spacial score (nSPS) is 18.8. The third-order valence-electron chi connectivity index (χ3n) is 5.07. The fourth-order valence-electron chi connectivity index (χ4n) is 3.43. The van der Waals surface area contributed by atoms with Crippen molar-refractivity contribution in [3.05, 3.63) is 60.7 Å². The molecule has 1 amide bonds. The van der Waals surface area contributed by atoms with E-state index in [9.17, 15) is 9.90 Å². The number of rotatable bonds is 4. The SMILES string of the molecule is Nc1cnc(-c2ccccc2)nc1C(=O)Nc1cnccc1N1CCC(O)C(N)C1. The molecule has 6 N–H and O–H groups in total. The van der Waals surface area contributed by atoms with E-state index in [1.807, 2.05) is 35.2 Å². The molecule has 154 valence electrons. The number of aliphatic hydroxyl groups excluding tert-OH is 1. The van der Waals surface area contributed by atoms with Gasteiger partial charge < -0.3 is 26.8 Å². The molecular formula is C21H23N7O2. The Morgan fingerprint density at radius 2 is 2.00 bits per heavy atom. The lowest BCUT2D eigenvalue weighted by Crippen LogP contribution is -2.51. The summed E-state index contributed by atoms with van der Waals surface area (Å²) in [5.74, 6) is -0.0416. The lowest BCUT2D eigenvalue weighted by molar-refractivity contribution is 0.102. The van der Waals surface area contributed by atoms with Crippen molar-refractivity contribution in [3.63, 3.8) is 0 Å². The predicted molar refractivity (Wildman–Crippen MR) is 115 cm³/mol. The van der Waals surface area contributed by atoms with Crippen LogP contribution in [0.15, 0.2) is 55.0 Å². The fourth-order valence-corrected chi connectivity index (χ4v) is 3.43. The molecular weight excluding hydrogens is 382 g/mol. The summed E-state index contributed by atoms with van der Waals surface area (Å²) in [6, 6.07) is 10.8. The molecule has 1 aliphatic rings. The molecule has 3 heterocycles. The molecule has 0 spiro atoms. The second-order valence-electron chi connectivity index (χ2n) is 7.18. The molecule has 1 aliphatic heterocycles. The Kier molecular flexibility index (Phi) is 5.55. The van der Waals surface area contributed by atoms with Crippen LogP contribution in [0.4, 0.5) is 17.1 Å². The highest BCUT2D eigenvalue weighted by molar-refractivity contribution is 6.07. The van der Waals surface area contributed by atoms with Crippen LogP contribution in [0.3, 0.4) is 0 Å². The zero-order valence-corrected chi connectivity index (χ0v) is 16.3. The Labute approximate surface area is 173 Å². The number of aliphatic hydroxyl groups is 1. The molecule has 3 aromatic rings. The molecule has 0 aliphatic carbocycles. The third kappa shape index (κ3) is 4.07. The van der Waals surface area contributed by atoms with E-state index in [0.717, 1.165) is 11.3 Å². The molecule has 9 heteroatoms. The lowest BCUT2D eigenvalue weighted by atomic mass is 10.0. The summed E-state index contributed by atoms with van der Waals surface area (Å²) in [6.45, 7) is 1.09. The first kappa shape index (κ1) is 19.7. The molecule has 0 radical (unpaired) electrons. The van der Waals surface area contributed by atoms with Crippen molar-refractivity contribution >= 4 is 23.0 Å². The number of nitrogens with one attached hydrogen (secondary N) is 1. The van der Waals surface area contributed by atoms with Crippen LogP contribution < -0.4 is 21.7 Å². The first-order valence-electron chi connectivity index (χ1n) is 9.65. The number of hydrogen-bond donors (Lipinski definition) is 4. The minimum Gasteiger partial charge on any atom is -0.396 e. The van der Waals surface area contributed by atoms with Gasteiger partial charge in [0.1, 0.15) is 0 Å². The number of nitrogens with zero attached hydrogens (tertiary/aromatic N) is 4. The standard InChI is InChI=1S/C21H23N7O2/c22-14-10-25-20(13-4-2-1-3-5-13)27-19(14)21(30)26-16-11-24-8-6-17(16)28-9-7-18(29)15(23)12-28/h1-6,8,10-11,15,18,29H,7,9,12,22-23H2,(H,26,30). The zero-order valence-electron chi connectivity index (χ0n) is 16.3. The summed E-state index contributed by atoms with van der Waals surface area (Å²) in [6.07, 6.45) is 4.67. The van der Waals surface area contributed by atoms with Crippen LogP contribution in [0.25, 0.3) is 11.4 Å². The maximum absolute atomic E-state index is 13.0. The summed E-state index contributed by atoms with van der Waals surface area (Å²) in [5.41, 5.74) is 14.3. The topological polar surface area (TPSA) is 143 Å². The number of pyridine rings is 1. The van der Waals surface area contributed by atoms with Crippen molar-refractivity contribution in [2.24, 2.45) is 5.73 Å². The van der Waals surface area contributed by atoms with Crippen LogP contribution >= 0.6 is 0 Å². The Morgan fingerprint density at radius 1 is 1.20 bits per heavy atom. The molecule has 1 fully saturated rings. The van der Waals surface area contributed by atoms with E-state index >= 15 is 0 Å². The highest BCUT2D eigenvalue weighted by Gasteiger charge is 2.26. The smallest absolute Gasteiger partial charge is 0.276 e. The Hall–Kier alpha value is -3.56. The molecule has 1 saturated heterocycles. The van der Waals surface area contributed by atoms with Crippen LogP contribution in [0.1, 0.15) is 16.9 Å². The molecule has 0 bridgehead atoms. The fraction of sp³-hybridized carbons (Fsp3) is 0.238. The van der Waals surface area contributed by atoms with E-state index in [0.29, 0.717) is 31.0 Å². The maximum atomic E-state index is 13.0. The van der Waals surface area contributed by atoms with Crippen LogP contribution in [0.5, 0.6) is 0 Å². The lowest BCUT2D eigenvalue weighted by Gasteiger charge is -2.36. The van der Waals surface area contributed by atoms with Gasteiger partial charge in [0.05, 0.1) is 35.6 Å². The second-order valence-corrected chi connectivity index (χ2v) is 7.18. The van der Waals surface area contributed by atoms with E-state index in [1.54, 1.807) is 18.5 Å². The average molecular weight is 405 g/mol. The van der Waals surface area contributed by atoms with Crippen molar-refractivity contribution < 1.29 is 9.90 Å². The highest BCUT2D eigenvalue weighted by Crippen LogP contribution is 2.28. The van der Waals surface area contributed by atoms with Gasteiger partial charge in [-0.25, -0.2) is 9.97 Å². The number of nitrogens with two attached hydrogens (primary N) is 2. The molecule has 9 nitrogen and oxygen atoms in total. The highest BCUT2D eigenvalue weighted by atomic mass is 16.3. The maximum Gasteiger partial charge on any atom is 0.276 e. The van der Waals surface area contributed by atoms with Crippen LogP contribution in [0.2, 0.25) is 0 Å². The van der Waals surface area contributed by atoms with Gasteiger partial charge in [-0.1, -0.05) is 30.3 Å². The average Bonchev–Trinajstić information content (AvgIpc) is 2.77. The van der Waals surface area contributed by atoms with E-state index in [1.165, 1.54) is 6.20 Å². The van der Waals surface area contributed by atoms with Crippen molar-refractivity contribution in [1.82, 2.24) is 15.0 Å². The summed E-state index contributed by atoms with van der Waals surface area (Å²) in [7, 11) is 0. The Bertz CT molecular complexity index is 1040. The van der Waals surface area contributed by atoms with E-state index in [2.05, 4.69) is 20.3 Å². The second kappa shape index (κ2) is 8.44. The van der Waals surface area contributed by atoms with Gasteiger partial charge in [-0.05, 0) is 12.5 Å². The van der Waals surface area contributed by atoms with Gasteiger partial charge in [0, 0.05) is 30.9 Å². The van der Waals surface area contributed by atoms with E-state index in [-0.39, 0.29) is 17.4 Å². The minimum absolute atomic E-state index is 0.0874. The summed E-state index contributed by atoms with van der Waals surface area (Å²) in [4.78, 5) is 27.7. The number of aromatic nitrogens is 3. The van der Waals surface area contributed by atoms with Gasteiger partial charge in [0.25, 0.3) is 5.91 Å². The predicted octanol–water partition coefficient (Wildman–Crippen LogP) is 1.27. The van der Waals surface area contributed by atoms with Crippen molar-refractivity contribution in [2.75, 3.05) is 29.0 Å². The van der Waals surface area contributed by atoms with Crippen LogP contribution in [0, 0.1) is 0 Å². The van der Waals surface area contributed by atoms with Crippen LogP contribution in [-0.2, 0) is 0 Å². The van der Waals surface area contributed by atoms with Gasteiger partial charge in [-0.2, -0.15) is 0 Å².